The zero-order valence-corrected chi connectivity index (χ0v) is 24.8. The number of rotatable bonds is 4. The topological polar surface area (TPSA) is 78.2 Å². The second-order valence-corrected chi connectivity index (χ2v) is 13.8. The number of hydrogen-bond donors (Lipinski definition) is 0. The predicted molar refractivity (Wildman–Crippen MR) is 148 cm³/mol. The Hall–Kier alpha value is -3.19. The van der Waals surface area contributed by atoms with Crippen LogP contribution in [0.4, 0.5) is 30.7 Å². The Bertz CT molecular complexity index is 1720. The van der Waals surface area contributed by atoms with Gasteiger partial charge in [-0.15, -0.1) is 0 Å². The Morgan fingerprint density at radius 2 is 1.53 bits per heavy atom. The second kappa shape index (κ2) is 10.5. The number of carbonyl (C=O) groups is 1. The number of halogens is 8. The summed E-state index contributed by atoms with van der Waals surface area (Å²) in [4.78, 5) is 14.8. The van der Waals surface area contributed by atoms with Crippen LogP contribution in [0.15, 0.2) is 71.6 Å². The van der Waals surface area contributed by atoms with Crippen LogP contribution in [0.2, 0.25) is 0 Å². The summed E-state index contributed by atoms with van der Waals surface area (Å²) in [6, 6.07) is 13.9. The third-order valence-electron chi connectivity index (χ3n) is 8.19. The Morgan fingerprint density at radius 3 is 2.09 bits per heavy atom. The van der Waals surface area contributed by atoms with Gasteiger partial charge in [0.15, 0.2) is 9.84 Å². The van der Waals surface area contributed by atoms with Crippen LogP contribution in [-0.2, 0) is 26.7 Å². The lowest BCUT2D eigenvalue weighted by molar-refractivity contribution is -0.348. The van der Waals surface area contributed by atoms with Crippen LogP contribution in [-0.4, -0.2) is 44.2 Å². The standard InChI is InChI=1S/C29H20F7IN2O3S/c30-27(28(31,32)33,29(34,35)36)20-6-11-23-19(15-20)5-12-24-26(23,43(41,42)22-9-7-21(37)8-10-22)13-14-39(24)25(40)18-3-1-17(16-38)2-4-18/h1-4,6-11,15,24H,5,12-14H2/t24-,26-/m1/s1. The van der Waals surface area contributed by atoms with Gasteiger partial charge < -0.3 is 4.90 Å². The summed E-state index contributed by atoms with van der Waals surface area (Å²) in [5.74, 6) is -0.550. The van der Waals surface area contributed by atoms with Crippen molar-refractivity contribution in [3.05, 3.63) is 98.1 Å². The number of nitriles is 1. The van der Waals surface area contributed by atoms with E-state index in [-0.39, 0.29) is 53.0 Å². The molecular formula is C29H20F7IN2O3S. The number of carbonyl (C=O) groups excluding carboxylic acids is 1. The van der Waals surface area contributed by atoms with E-state index in [1.165, 1.54) is 53.4 Å². The van der Waals surface area contributed by atoms with Crippen LogP contribution in [0.1, 0.15) is 45.5 Å². The highest BCUT2D eigenvalue weighted by molar-refractivity contribution is 14.1. The van der Waals surface area contributed by atoms with Gasteiger partial charge >= 0.3 is 18.0 Å². The van der Waals surface area contributed by atoms with Crippen molar-refractivity contribution in [1.82, 2.24) is 4.90 Å². The van der Waals surface area contributed by atoms with Gasteiger partial charge in [-0.3, -0.25) is 4.79 Å². The highest BCUT2D eigenvalue weighted by atomic mass is 127. The molecule has 43 heavy (non-hydrogen) atoms. The Morgan fingerprint density at radius 1 is 0.930 bits per heavy atom. The second-order valence-electron chi connectivity index (χ2n) is 10.4. The largest absolute Gasteiger partial charge is 0.435 e. The lowest BCUT2D eigenvalue weighted by Gasteiger charge is -2.43. The van der Waals surface area contributed by atoms with E-state index < -0.39 is 50.1 Å². The Kier molecular flexibility index (Phi) is 7.60. The quantitative estimate of drug-likeness (QED) is 0.214. The van der Waals surface area contributed by atoms with Crippen molar-refractivity contribution in [2.24, 2.45) is 0 Å². The maximum atomic E-state index is 15.0. The molecule has 5 nitrogen and oxygen atoms in total. The molecule has 5 rings (SSSR count). The molecule has 14 heteroatoms. The monoisotopic (exact) mass is 736 g/mol. The molecule has 1 amide bonds. The van der Waals surface area contributed by atoms with Crippen LogP contribution in [0.25, 0.3) is 0 Å². The van der Waals surface area contributed by atoms with Gasteiger partial charge in [-0.2, -0.15) is 31.6 Å². The fourth-order valence-corrected chi connectivity index (χ4v) is 8.88. The van der Waals surface area contributed by atoms with Crippen LogP contribution in [0.5, 0.6) is 0 Å². The van der Waals surface area contributed by atoms with Crippen LogP contribution >= 0.6 is 22.6 Å². The van der Waals surface area contributed by atoms with E-state index in [0.717, 1.165) is 6.07 Å². The van der Waals surface area contributed by atoms with Gasteiger partial charge in [-0.25, -0.2) is 12.8 Å². The summed E-state index contributed by atoms with van der Waals surface area (Å²) >= 11 is 1.97. The average molecular weight is 736 g/mol. The molecule has 1 saturated heterocycles. The van der Waals surface area contributed by atoms with E-state index in [0.29, 0.717) is 15.7 Å². The number of nitrogens with zero attached hydrogens (tertiary/aromatic N) is 2. The SMILES string of the molecule is N#Cc1ccc(C(=O)N2CC[C@@]3(S(=O)(=O)c4ccc(I)cc4)c4ccc(C(F)(C(F)(F)F)C(F)(F)F)cc4CC[C@@H]23)cc1. The summed E-state index contributed by atoms with van der Waals surface area (Å²) in [6.07, 6.45) is -13.2. The highest BCUT2D eigenvalue weighted by Crippen LogP contribution is 2.56. The fraction of sp³-hybridized carbons (Fsp3) is 0.310. The number of benzene rings is 3. The van der Waals surface area contributed by atoms with Crippen molar-refractivity contribution in [2.75, 3.05) is 6.54 Å². The zero-order valence-electron chi connectivity index (χ0n) is 21.8. The summed E-state index contributed by atoms with van der Waals surface area (Å²) in [6.45, 7) is -0.0908. The molecule has 0 unspecified atom stereocenters. The molecule has 1 aliphatic heterocycles. The van der Waals surface area contributed by atoms with E-state index in [1.807, 2.05) is 28.7 Å². The highest BCUT2D eigenvalue weighted by Gasteiger charge is 2.73. The van der Waals surface area contributed by atoms with E-state index in [2.05, 4.69) is 0 Å². The molecule has 1 aliphatic carbocycles. The van der Waals surface area contributed by atoms with Gasteiger partial charge in [0.25, 0.3) is 5.91 Å². The molecule has 0 radical (unpaired) electrons. The third kappa shape index (κ3) is 4.70. The molecule has 0 aromatic heterocycles. The van der Waals surface area contributed by atoms with Crippen molar-refractivity contribution in [2.45, 2.75) is 53.0 Å². The number of fused-ring (bicyclic) bond motifs is 3. The van der Waals surface area contributed by atoms with Gasteiger partial charge in [0.2, 0.25) is 0 Å². The van der Waals surface area contributed by atoms with Crippen LogP contribution < -0.4 is 0 Å². The summed E-state index contributed by atoms with van der Waals surface area (Å²) in [7, 11) is -4.43. The van der Waals surface area contributed by atoms with Crippen LogP contribution in [0.3, 0.4) is 0 Å². The molecule has 1 fully saturated rings. The van der Waals surface area contributed by atoms with Gasteiger partial charge in [0.1, 0.15) is 4.75 Å². The molecule has 1 heterocycles. The molecule has 0 bridgehead atoms. The molecule has 0 N–H and O–H groups in total. The van der Waals surface area contributed by atoms with Gasteiger partial charge in [0, 0.05) is 21.2 Å². The molecule has 226 valence electrons. The maximum absolute atomic E-state index is 15.0. The van der Waals surface area contributed by atoms with E-state index in [9.17, 15) is 43.9 Å². The van der Waals surface area contributed by atoms with Crippen molar-refractivity contribution >= 4 is 38.3 Å². The molecule has 3 aromatic carbocycles. The summed E-state index contributed by atoms with van der Waals surface area (Å²) in [5.41, 5.74) is -7.17. The number of aryl methyl sites for hydroxylation is 1. The average Bonchev–Trinajstić information content (AvgIpc) is 3.37. The first kappa shape index (κ1) is 31.2. The number of likely N-dealkylation sites (tertiary alicyclic amines) is 1. The predicted octanol–water partition coefficient (Wildman–Crippen LogP) is 6.98. The minimum absolute atomic E-state index is 0.0760. The van der Waals surface area contributed by atoms with Crippen molar-refractivity contribution in [3.63, 3.8) is 0 Å². The minimum atomic E-state index is -6.33. The lowest BCUT2D eigenvalue weighted by Crippen LogP contribution is -2.53. The zero-order chi connectivity index (χ0) is 31.6. The number of hydrogen-bond acceptors (Lipinski definition) is 4. The normalized spacial score (nSPS) is 20.7. The summed E-state index contributed by atoms with van der Waals surface area (Å²) in [5, 5.41) is 9.07. The molecule has 0 saturated carbocycles. The van der Waals surface area contributed by atoms with Crippen molar-refractivity contribution in [3.8, 4) is 6.07 Å². The van der Waals surface area contributed by atoms with Crippen molar-refractivity contribution in [1.29, 1.82) is 5.26 Å². The Balaban J connectivity index is 1.69. The minimum Gasteiger partial charge on any atom is -0.334 e. The fourth-order valence-electron chi connectivity index (χ4n) is 6.15. The van der Waals surface area contributed by atoms with E-state index >= 15 is 0 Å². The van der Waals surface area contributed by atoms with E-state index in [4.69, 9.17) is 5.26 Å². The first-order chi connectivity index (χ1) is 20.0. The number of amides is 1. The van der Waals surface area contributed by atoms with Gasteiger partial charge in [0.05, 0.1) is 22.6 Å². The Labute approximate surface area is 255 Å². The third-order valence-corrected chi connectivity index (χ3v) is 11.5. The first-order valence-electron chi connectivity index (χ1n) is 12.8. The van der Waals surface area contributed by atoms with Gasteiger partial charge in [-0.05, 0) is 102 Å². The van der Waals surface area contributed by atoms with Crippen LogP contribution in [0, 0.1) is 14.9 Å². The molecule has 2 atom stereocenters. The first-order valence-corrected chi connectivity index (χ1v) is 15.3. The molecule has 2 aliphatic rings. The molecule has 0 spiro atoms. The molecular weight excluding hydrogens is 716 g/mol. The van der Waals surface area contributed by atoms with E-state index in [1.54, 1.807) is 0 Å². The summed E-state index contributed by atoms with van der Waals surface area (Å²) < 4.78 is 124. The lowest BCUT2D eigenvalue weighted by atomic mass is 9.76. The smallest absolute Gasteiger partial charge is 0.334 e. The number of alkyl halides is 7. The van der Waals surface area contributed by atoms with Crippen molar-refractivity contribution < 1.29 is 43.9 Å². The number of sulfone groups is 1. The maximum Gasteiger partial charge on any atom is 0.435 e. The molecule has 3 aromatic rings. The van der Waals surface area contributed by atoms with Gasteiger partial charge in [-0.1, -0.05) is 18.2 Å².